The Kier molecular flexibility index (Phi) is 7.30. The van der Waals surface area contributed by atoms with Crippen molar-refractivity contribution in [3.63, 3.8) is 0 Å². The van der Waals surface area contributed by atoms with Crippen LogP contribution in [0, 0.1) is 11.3 Å². The molecule has 0 spiro atoms. The third-order valence-corrected chi connectivity index (χ3v) is 6.60. The van der Waals surface area contributed by atoms with Gasteiger partial charge in [0, 0.05) is 24.6 Å². The van der Waals surface area contributed by atoms with Crippen LogP contribution in [0.4, 0.5) is 5.82 Å². The molecule has 0 fully saturated rings. The molecular weight excluding hydrogens is 461 g/mol. The maximum absolute atomic E-state index is 12.6. The van der Waals surface area contributed by atoms with Gasteiger partial charge in [-0.05, 0) is 35.9 Å². The van der Waals surface area contributed by atoms with Gasteiger partial charge in [-0.1, -0.05) is 35.3 Å². The Morgan fingerprint density at radius 3 is 2.58 bits per heavy atom. The van der Waals surface area contributed by atoms with Crippen LogP contribution in [0.25, 0.3) is 0 Å². The van der Waals surface area contributed by atoms with Gasteiger partial charge in [0.2, 0.25) is 10.0 Å². The zero-order valence-electron chi connectivity index (χ0n) is 16.0. The molecule has 0 atom stereocenters. The molecule has 0 saturated carbocycles. The molecule has 1 heterocycles. The summed E-state index contributed by atoms with van der Waals surface area (Å²) in [5.41, 5.74) is 1.01. The third kappa shape index (κ3) is 5.62. The minimum atomic E-state index is -3.74. The molecule has 8 nitrogen and oxygen atoms in total. The monoisotopic (exact) mass is 477 g/mol. The highest BCUT2D eigenvalue weighted by atomic mass is 35.5. The van der Waals surface area contributed by atoms with Crippen molar-refractivity contribution in [2.24, 2.45) is 0 Å². The lowest BCUT2D eigenvalue weighted by Crippen LogP contribution is -2.24. The number of rotatable bonds is 8. The lowest BCUT2D eigenvalue weighted by Gasteiger charge is -2.11. The van der Waals surface area contributed by atoms with Gasteiger partial charge in [-0.3, -0.25) is 4.79 Å². The van der Waals surface area contributed by atoms with Crippen LogP contribution < -0.4 is 10.0 Å². The number of amides is 1. The van der Waals surface area contributed by atoms with Crippen LogP contribution in [0.3, 0.4) is 0 Å². The Bertz CT molecular complexity index is 1230. The molecule has 1 aromatic heterocycles. The molecule has 0 aliphatic rings. The molecule has 0 radical (unpaired) electrons. The van der Waals surface area contributed by atoms with Crippen molar-refractivity contribution in [1.82, 2.24) is 14.5 Å². The Balaban J connectivity index is 1.71. The molecule has 160 valence electrons. The minimum absolute atomic E-state index is 0.00243. The van der Waals surface area contributed by atoms with Crippen LogP contribution in [0.2, 0.25) is 10.0 Å². The molecule has 1 amide bonds. The molecule has 3 rings (SSSR count). The molecule has 2 N–H and O–H groups in total. The fourth-order valence-corrected chi connectivity index (χ4v) is 4.11. The molecule has 31 heavy (non-hydrogen) atoms. The summed E-state index contributed by atoms with van der Waals surface area (Å²) in [4.78, 5) is 12.6. The van der Waals surface area contributed by atoms with Crippen molar-refractivity contribution in [1.29, 1.82) is 5.26 Å². The Labute approximate surface area is 189 Å². The molecular formula is C20H17Cl2N5O3S. The highest BCUT2D eigenvalue weighted by Crippen LogP contribution is 2.26. The minimum Gasteiger partial charge on any atom is -0.307 e. The van der Waals surface area contributed by atoms with Gasteiger partial charge in [0.1, 0.15) is 5.82 Å². The summed E-state index contributed by atoms with van der Waals surface area (Å²) < 4.78 is 28.2. The fourth-order valence-electron chi connectivity index (χ4n) is 2.70. The maximum atomic E-state index is 12.6. The molecule has 0 aliphatic heterocycles. The summed E-state index contributed by atoms with van der Waals surface area (Å²) in [7, 11) is -3.74. The Hall–Kier alpha value is -2.90. The number of anilines is 1. The van der Waals surface area contributed by atoms with Crippen molar-refractivity contribution < 1.29 is 13.2 Å². The number of nitrogens with one attached hydrogen (secondary N) is 2. The van der Waals surface area contributed by atoms with Crippen LogP contribution in [0.5, 0.6) is 0 Å². The maximum Gasteiger partial charge on any atom is 0.256 e. The molecule has 0 saturated heterocycles. The molecule has 0 bridgehead atoms. The summed E-state index contributed by atoms with van der Waals surface area (Å²) in [6.45, 7) is 0.315. The largest absolute Gasteiger partial charge is 0.307 e. The van der Waals surface area contributed by atoms with Crippen LogP contribution in [0.15, 0.2) is 59.6 Å². The normalized spacial score (nSPS) is 11.1. The van der Waals surface area contributed by atoms with Gasteiger partial charge in [-0.25, -0.2) is 17.8 Å². The molecule has 2 aromatic carbocycles. The average Bonchev–Trinajstić information content (AvgIpc) is 3.18. The van der Waals surface area contributed by atoms with Gasteiger partial charge in [0.25, 0.3) is 5.91 Å². The fraction of sp³-hybridized carbons (Fsp3) is 0.150. The molecule has 3 aromatic rings. The lowest BCUT2D eigenvalue weighted by atomic mass is 10.2. The number of sulfonamides is 1. The van der Waals surface area contributed by atoms with Crippen molar-refractivity contribution in [2.45, 2.75) is 17.9 Å². The molecule has 0 aliphatic carbocycles. The van der Waals surface area contributed by atoms with E-state index in [1.165, 1.54) is 30.5 Å². The van der Waals surface area contributed by atoms with E-state index in [4.69, 9.17) is 28.5 Å². The molecule has 11 heteroatoms. The first-order valence-electron chi connectivity index (χ1n) is 9.04. The second kappa shape index (κ2) is 9.94. The van der Waals surface area contributed by atoms with E-state index in [9.17, 15) is 13.2 Å². The second-order valence-electron chi connectivity index (χ2n) is 6.37. The highest BCUT2D eigenvalue weighted by molar-refractivity contribution is 7.89. The number of hydrogen-bond acceptors (Lipinski definition) is 5. The zero-order chi connectivity index (χ0) is 22.4. The zero-order valence-corrected chi connectivity index (χ0v) is 18.4. The summed E-state index contributed by atoms with van der Waals surface area (Å²) in [5.74, 6) is 0.0104. The van der Waals surface area contributed by atoms with Gasteiger partial charge >= 0.3 is 0 Å². The lowest BCUT2D eigenvalue weighted by molar-refractivity contribution is 0.102. The average molecular weight is 478 g/mol. The number of nitrogens with zero attached hydrogens (tertiary/aromatic N) is 3. The summed E-state index contributed by atoms with van der Waals surface area (Å²) in [6.07, 6.45) is 1.60. The SMILES string of the molecule is N#CCCNS(=O)(=O)c1ccc(C(=O)Nc2ccnn2Cc2cccc(Cl)c2Cl)cc1. The van der Waals surface area contributed by atoms with Gasteiger partial charge < -0.3 is 5.32 Å². The number of carbonyl (C=O) groups is 1. The topological polar surface area (TPSA) is 117 Å². The van der Waals surface area contributed by atoms with E-state index in [-0.39, 0.29) is 23.4 Å². The first kappa shape index (κ1) is 22.8. The smallest absolute Gasteiger partial charge is 0.256 e. The number of aromatic nitrogens is 2. The quantitative estimate of drug-likeness (QED) is 0.479. The summed E-state index contributed by atoms with van der Waals surface area (Å²) >= 11 is 12.3. The standard InChI is InChI=1S/C20H17Cl2N5O3S/c21-17-4-1-3-15(19(17)22)13-27-18(9-12-24-27)26-20(28)14-5-7-16(8-6-14)31(29,30)25-11-2-10-23/h1,3-9,12,25H,2,11,13H2,(H,26,28). The van der Waals surface area contributed by atoms with Crippen LogP contribution in [-0.2, 0) is 16.6 Å². The van der Waals surface area contributed by atoms with Gasteiger partial charge in [-0.2, -0.15) is 10.4 Å². The number of halogens is 2. The van der Waals surface area contributed by atoms with E-state index < -0.39 is 15.9 Å². The highest BCUT2D eigenvalue weighted by Gasteiger charge is 2.16. The first-order chi connectivity index (χ1) is 14.8. The van der Waals surface area contributed by atoms with Crippen LogP contribution in [-0.4, -0.2) is 30.7 Å². The number of carbonyl (C=O) groups excluding carboxylic acids is 1. The van der Waals surface area contributed by atoms with Crippen molar-refractivity contribution in [2.75, 3.05) is 11.9 Å². The second-order valence-corrected chi connectivity index (χ2v) is 8.92. The van der Waals surface area contributed by atoms with E-state index in [0.29, 0.717) is 22.4 Å². The van der Waals surface area contributed by atoms with Gasteiger partial charge in [0.05, 0.1) is 33.8 Å². The van der Waals surface area contributed by atoms with E-state index >= 15 is 0 Å². The summed E-state index contributed by atoms with van der Waals surface area (Å²) in [6, 6.07) is 14.2. The Morgan fingerprint density at radius 1 is 1.13 bits per heavy atom. The van der Waals surface area contributed by atoms with Crippen molar-refractivity contribution in [3.05, 3.63) is 75.9 Å². The summed E-state index contributed by atoms with van der Waals surface area (Å²) in [5, 5.41) is 16.3. The van der Waals surface area contributed by atoms with Crippen LogP contribution in [0.1, 0.15) is 22.3 Å². The van der Waals surface area contributed by atoms with Gasteiger partial charge in [0.15, 0.2) is 0 Å². The van der Waals surface area contributed by atoms with E-state index in [0.717, 1.165) is 5.56 Å². The number of benzene rings is 2. The van der Waals surface area contributed by atoms with E-state index in [2.05, 4.69) is 15.1 Å². The number of hydrogen-bond donors (Lipinski definition) is 2. The van der Waals surface area contributed by atoms with Crippen molar-refractivity contribution in [3.8, 4) is 6.07 Å². The van der Waals surface area contributed by atoms with E-state index in [1.54, 1.807) is 22.9 Å². The van der Waals surface area contributed by atoms with E-state index in [1.807, 2.05) is 12.1 Å². The first-order valence-corrected chi connectivity index (χ1v) is 11.3. The predicted octanol–water partition coefficient (Wildman–Crippen LogP) is 3.68. The molecule has 0 unspecified atom stereocenters. The van der Waals surface area contributed by atoms with Crippen LogP contribution >= 0.6 is 23.2 Å². The predicted molar refractivity (Wildman–Crippen MR) is 118 cm³/mol. The Morgan fingerprint density at radius 2 is 1.87 bits per heavy atom. The third-order valence-electron chi connectivity index (χ3n) is 4.27. The van der Waals surface area contributed by atoms with Crippen molar-refractivity contribution >= 4 is 45.0 Å². The number of nitriles is 1. The van der Waals surface area contributed by atoms with Gasteiger partial charge in [-0.15, -0.1) is 0 Å².